The average Bonchev–Trinajstić information content (AvgIpc) is 2.20. The Hall–Kier alpha value is -0.0800. The van der Waals surface area contributed by atoms with Crippen LogP contribution in [0.5, 0.6) is 0 Å². The zero-order valence-corrected chi connectivity index (χ0v) is 11.8. The quantitative estimate of drug-likeness (QED) is 0.775. The number of nitrogens with one attached hydrogen (secondary N) is 1. The Kier molecular flexibility index (Phi) is 5.26. The Morgan fingerprint density at radius 3 is 2.19 bits per heavy atom. The van der Waals surface area contributed by atoms with E-state index in [2.05, 4.69) is 44.8 Å². The molecule has 1 heterocycles. The van der Waals surface area contributed by atoms with Crippen molar-refractivity contribution in [1.29, 1.82) is 0 Å². The lowest BCUT2D eigenvalue weighted by molar-refractivity contribution is 0.132. The van der Waals surface area contributed by atoms with Crippen LogP contribution in [0.3, 0.4) is 0 Å². The molecule has 1 atom stereocenters. The summed E-state index contributed by atoms with van der Waals surface area (Å²) in [5.41, 5.74) is 0.579. The maximum absolute atomic E-state index is 3.61. The van der Waals surface area contributed by atoms with E-state index in [0.29, 0.717) is 11.5 Å². The third kappa shape index (κ3) is 4.84. The van der Waals surface area contributed by atoms with Crippen LogP contribution in [0.15, 0.2) is 0 Å². The highest BCUT2D eigenvalue weighted by molar-refractivity contribution is 4.79. The summed E-state index contributed by atoms with van der Waals surface area (Å²) in [5, 5.41) is 3.61. The first-order chi connectivity index (χ1) is 7.41. The molecule has 0 aliphatic carbocycles. The van der Waals surface area contributed by atoms with Crippen molar-refractivity contribution < 1.29 is 0 Å². The largest absolute Gasteiger partial charge is 0.313 e. The van der Waals surface area contributed by atoms with Crippen LogP contribution < -0.4 is 5.32 Å². The van der Waals surface area contributed by atoms with E-state index in [1.165, 1.54) is 32.5 Å². The normalized spacial score (nSPS) is 23.6. The first-order valence-corrected chi connectivity index (χ1v) is 6.86. The molecule has 1 rings (SSSR count). The fraction of sp³-hybridized carbons (Fsp3) is 1.00. The van der Waals surface area contributed by atoms with Crippen molar-refractivity contribution in [1.82, 2.24) is 10.2 Å². The van der Waals surface area contributed by atoms with Crippen LogP contribution in [-0.2, 0) is 0 Å². The second-order valence-corrected chi connectivity index (χ2v) is 6.49. The van der Waals surface area contributed by atoms with E-state index in [0.717, 1.165) is 12.5 Å². The number of likely N-dealkylation sites (tertiary alicyclic amines) is 1. The lowest BCUT2D eigenvalue weighted by Crippen LogP contribution is -2.42. The Bertz CT molecular complexity index is 189. The van der Waals surface area contributed by atoms with Gasteiger partial charge in [0.05, 0.1) is 0 Å². The Morgan fingerprint density at radius 1 is 1.12 bits per heavy atom. The highest BCUT2D eigenvalue weighted by atomic mass is 15.1. The van der Waals surface area contributed by atoms with E-state index < -0.39 is 0 Å². The second-order valence-electron chi connectivity index (χ2n) is 6.49. The molecule has 0 saturated carbocycles. The molecule has 0 radical (unpaired) electrons. The predicted octanol–water partition coefficient (Wildman–Crippen LogP) is 2.74. The minimum atomic E-state index is 0.579. The minimum absolute atomic E-state index is 0.579. The summed E-state index contributed by atoms with van der Waals surface area (Å²) >= 11 is 0. The molecule has 1 aliphatic heterocycles. The minimum Gasteiger partial charge on any atom is -0.313 e. The van der Waals surface area contributed by atoms with Gasteiger partial charge in [-0.15, -0.1) is 0 Å². The fourth-order valence-electron chi connectivity index (χ4n) is 2.07. The van der Waals surface area contributed by atoms with Gasteiger partial charge >= 0.3 is 0 Å². The van der Waals surface area contributed by atoms with Gasteiger partial charge in [0.15, 0.2) is 0 Å². The molecule has 0 amide bonds. The molecule has 2 nitrogen and oxygen atoms in total. The number of rotatable bonds is 5. The zero-order chi connectivity index (χ0) is 12.2. The first kappa shape index (κ1) is 14.0. The van der Waals surface area contributed by atoms with E-state index in [-0.39, 0.29) is 0 Å². The maximum atomic E-state index is 3.61. The molecule has 0 aromatic carbocycles. The summed E-state index contributed by atoms with van der Waals surface area (Å²) in [6.45, 7) is 16.5. The lowest BCUT2D eigenvalue weighted by atomic mass is 9.83. The van der Waals surface area contributed by atoms with Crippen molar-refractivity contribution in [3.05, 3.63) is 0 Å². The molecule has 0 aromatic heterocycles. The highest BCUT2D eigenvalue weighted by Gasteiger charge is 2.24. The van der Waals surface area contributed by atoms with Gasteiger partial charge in [0.1, 0.15) is 0 Å². The molecule has 16 heavy (non-hydrogen) atoms. The molecule has 0 spiro atoms. The molecule has 1 saturated heterocycles. The van der Waals surface area contributed by atoms with E-state index >= 15 is 0 Å². The van der Waals surface area contributed by atoms with Crippen LogP contribution in [0.4, 0.5) is 0 Å². The molecular weight excluding hydrogens is 196 g/mol. The molecule has 96 valence electrons. The van der Waals surface area contributed by atoms with Crippen LogP contribution in [0.25, 0.3) is 0 Å². The van der Waals surface area contributed by atoms with Gasteiger partial charge in [-0.05, 0) is 44.2 Å². The first-order valence-electron chi connectivity index (χ1n) is 6.86. The summed E-state index contributed by atoms with van der Waals surface area (Å²) in [5.74, 6) is 0.736. The summed E-state index contributed by atoms with van der Waals surface area (Å²) in [6, 6.07) is 0.640. The predicted molar refractivity (Wildman–Crippen MR) is 71.8 cm³/mol. The molecule has 1 fully saturated rings. The maximum Gasteiger partial charge on any atom is 0.0107 e. The van der Waals surface area contributed by atoms with Crippen LogP contribution in [-0.4, -0.2) is 37.1 Å². The van der Waals surface area contributed by atoms with Gasteiger partial charge in [0.2, 0.25) is 0 Å². The van der Waals surface area contributed by atoms with Gasteiger partial charge < -0.3 is 10.2 Å². The lowest BCUT2D eigenvalue weighted by Gasteiger charge is -2.37. The Balaban J connectivity index is 2.11. The summed E-state index contributed by atoms with van der Waals surface area (Å²) in [6.07, 6.45) is 2.71. The smallest absolute Gasteiger partial charge is 0.0107 e. The topological polar surface area (TPSA) is 15.3 Å². The van der Waals surface area contributed by atoms with Gasteiger partial charge in [-0.1, -0.05) is 27.7 Å². The summed E-state index contributed by atoms with van der Waals surface area (Å²) in [4.78, 5) is 2.60. The number of hydrogen-bond acceptors (Lipinski definition) is 2. The van der Waals surface area contributed by atoms with E-state index in [1.54, 1.807) is 0 Å². The van der Waals surface area contributed by atoms with Crippen LogP contribution >= 0.6 is 0 Å². The average molecular weight is 226 g/mol. The van der Waals surface area contributed by atoms with E-state index in [4.69, 9.17) is 0 Å². The molecule has 0 bridgehead atoms. The molecule has 1 unspecified atom stereocenters. The molecule has 2 heteroatoms. The van der Waals surface area contributed by atoms with Crippen LogP contribution in [0.2, 0.25) is 0 Å². The standard InChI is InChI=1S/C14H30N2/c1-12(2)13(3)15-8-11-16-9-6-14(4,5)7-10-16/h12-13,15H,6-11H2,1-5H3. The summed E-state index contributed by atoms with van der Waals surface area (Å²) in [7, 11) is 0. The van der Waals surface area contributed by atoms with Gasteiger partial charge in [-0.3, -0.25) is 0 Å². The highest BCUT2D eigenvalue weighted by Crippen LogP contribution is 2.29. The molecule has 0 aromatic rings. The van der Waals surface area contributed by atoms with Gasteiger partial charge in [-0.25, -0.2) is 0 Å². The number of piperidine rings is 1. The van der Waals surface area contributed by atoms with Gasteiger partial charge in [0, 0.05) is 19.1 Å². The van der Waals surface area contributed by atoms with Crippen molar-refractivity contribution in [2.75, 3.05) is 26.2 Å². The van der Waals surface area contributed by atoms with Crippen LogP contribution in [0.1, 0.15) is 47.5 Å². The van der Waals surface area contributed by atoms with Crippen LogP contribution in [0, 0.1) is 11.3 Å². The van der Waals surface area contributed by atoms with Crippen molar-refractivity contribution >= 4 is 0 Å². The Morgan fingerprint density at radius 2 is 1.69 bits per heavy atom. The van der Waals surface area contributed by atoms with Crippen molar-refractivity contribution in [3.63, 3.8) is 0 Å². The van der Waals surface area contributed by atoms with Crippen molar-refractivity contribution in [2.24, 2.45) is 11.3 Å². The fourth-order valence-corrected chi connectivity index (χ4v) is 2.07. The number of hydrogen-bond donors (Lipinski definition) is 1. The third-order valence-electron chi connectivity index (χ3n) is 4.10. The SMILES string of the molecule is CC(C)C(C)NCCN1CCC(C)(C)CC1. The van der Waals surface area contributed by atoms with Gasteiger partial charge in [0.25, 0.3) is 0 Å². The second kappa shape index (κ2) is 6.02. The van der Waals surface area contributed by atoms with E-state index in [1.807, 2.05) is 0 Å². The zero-order valence-electron chi connectivity index (χ0n) is 11.8. The monoisotopic (exact) mass is 226 g/mol. The van der Waals surface area contributed by atoms with Gasteiger partial charge in [-0.2, -0.15) is 0 Å². The number of nitrogens with zero attached hydrogens (tertiary/aromatic N) is 1. The molecule has 1 aliphatic rings. The Labute approximate surface area is 102 Å². The molecule has 1 N–H and O–H groups in total. The third-order valence-corrected chi connectivity index (χ3v) is 4.10. The van der Waals surface area contributed by atoms with Crippen molar-refractivity contribution in [3.8, 4) is 0 Å². The van der Waals surface area contributed by atoms with Crippen molar-refractivity contribution in [2.45, 2.75) is 53.5 Å². The molecular formula is C14H30N2. The van der Waals surface area contributed by atoms with E-state index in [9.17, 15) is 0 Å². The summed E-state index contributed by atoms with van der Waals surface area (Å²) < 4.78 is 0.